The van der Waals surface area contributed by atoms with Crippen molar-refractivity contribution < 1.29 is 31.2 Å². The summed E-state index contributed by atoms with van der Waals surface area (Å²) < 4.78 is 63.2. The number of amides is 2. The Morgan fingerprint density at radius 3 is 1.92 bits per heavy atom. The molecule has 0 bridgehead atoms. The number of alkyl halides is 3. The number of hydrogen-bond donors (Lipinski definition) is 4. The fourth-order valence-electron chi connectivity index (χ4n) is 2.55. The van der Waals surface area contributed by atoms with Gasteiger partial charge in [-0.05, 0) is 63.3 Å². The third kappa shape index (κ3) is 13.5. The molecule has 0 saturated carbocycles. The van der Waals surface area contributed by atoms with E-state index in [1.807, 2.05) is 32.3 Å². The van der Waals surface area contributed by atoms with Gasteiger partial charge in [0.05, 0.1) is 16.3 Å². The molecule has 2 aromatic carbocycles. The lowest BCUT2D eigenvalue weighted by Gasteiger charge is -2.09. The molecule has 0 saturated heterocycles. The van der Waals surface area contributed by atoms with Crippen LogP contribution in [0.1, 0.15) is 19.3 Å². The quantitative estimate of drug-likeness (QED) is 0.240. The number of azo groups is 1. The Balaban J connectivity index is 0.00000217. The van der Waals surface area contributed by atoms with Gasteiger partial charge in [-0.3, -0.25) is 9.59 Å². The second kappa shape index (κ2) is 16.4. The first kappa shape index (κ1) is 31.7. The second-order valence-electron chi connectivity index (χ2n) is 7.49. The standard InChI is InChI=1S/C21H24F3N5O4S.C2H7N/c22-21(23,24)20(31)26-13-4-8-19(30)25-14-5-15-27-34(32,33)18-11-9-17(10-12-18)29-28-16-6-2-1-3-7-16;1-3-2/h1-3,6-7,9-12,27H,4-5,8,13-15H2,(H,25,30)(H,26,31);3H,1-2H3. The van der Waals surface area contributed by atoms with Crippen molar-refractivity contribution in [1.82, 2.24) is 20.7 Å². The molecule has 10 nitrogen and oxygen atoms in total. The highest BCUT2D eigenvalue weighted by Crippen LogP contribution is 2.20. The normalized spacial score (nSPS) is 11.5. The number of benzene rings is 2. The lowest BCUT2D eigenvalue weighted by atomic mass is 10.3. The molecular weight excluding hydrogens is 513 g/mol. The second-order valence-corrected chi connectivity index (χ2v) is 9.25. The number of carbonyl (C=O) groups excluding carboxylic acids is 2. The molecule has 0 spiro atoms. The Labute approximate surface area is 214 Å². The zero-order chi connectivity index (χ0) is 27.7. The number of halogens is 3. The molecule has 0 aromatic heterocycles. The van der Waals surface area contributed by atoms with E-state index < -0.39 is 28.0 Å². The summed E-state index contributed by atoms with van der Waals surface area (Å²) in [5.74, 6) is -2.46. The van der Waals surface area contributed by atoms with Crippen LogP contribution in [-0.4, -0.2) is 60.1 Å². The summed E-state index contributed by atoms with van der Waals surface area (Å²) in [6, 6.07) is 14.9. The minimum atomic E-state index is -4.95. The van der Waals surface area contributed by atoms with Crippen LogP contribution in [0.5, 0.6) is 0 Å². The zero-order valence-electron chi connectivity index (χ0n) is 20.5. The Morgan fingerprint density at radius 2 is 1.35 bits per heavy atom. The van der Waals surface area contributed by atoms with Crippen LogP contribution in [0.2, 0.25) is 0 Å². The molecule has 0 aliphatic heterocycles. The van der Waals surface area contributed by atoms with E-state index in [2.05, 4.69) is 25.6 Å². The summed E-state index contributed by atoms with van der Waals surface area (Å²) in [5, 5.41) is 15.1. The molecular formula is C23H31F3N6O4S. The van der Waals surface area contributed by atoms with Gasteiger partial charge in [-0.25, -0.2) is 13.1 Å². The predicted molar refractivity (Wildman–Crippen MR) is 133 cm³/mol. The molecule has 0 fully saturated rings. The van der Waals surface area contributed by atoms with Crippen molar-refractivity contribution in [1.29, 1.82) is 0 Å². The van der Waals surface area contributed by atoms with Crippen molar-refractivity contribution in [3.05, 3.63) is 54.6 Å². The first-order valence-electron chi connectivity index (χ1n) is 11.3. The molecule has 0 radical (unpaired) electrons. The smallest absolute Gasteiger partial charge is 0.356 e. The van der Waals surface area contributed by atoms with Crippen LogP contribution < -0.4 is 20.7 Å². The number of carbonyl (C=O) groups is 2. The third-order valence-corrected chi connectivity index (χ3v) is 5.75. The molecule has 2 aromatic rings. The summed E-state index contributed by atoms with van der Waals surface area (Å²) in [7, 11) is 0.000258. The summed E-state index contributed by atoms with van der Waals surface area (Å²) >= 11 is 0. The largest absolute Gasteiger partial charge is 0.471 e. The van der Waals surface area contributed by atoms with Crippen LogP contribution >= 0.6 is 0 Å². The molecule has 204 valence electrons. The number of nitrogens with one attached hydrogen (secondary N) is 4. The fraction of sp³-hybridized carbons (Fsp3) is 0.391. The van der Waals surface area contributed by atoms with E-state index in [0.717, 1.165) is 0 Å². The maximum atomic E-state index is 12.4. The van der Waals surface area contributed by atoms with Crippen molar-refractivity contribution in [2.45, 2.75) is 30.3 Å². The predicted octanol–water partition coefficient (Wildman–Crippen LogP) is 3.18. The molecule has 0 aliphatic rings. The van der Waals surface area contributed by atoms with Crippen molar-refractivity contribution in [2.75, 3.05) is 33.7 Å². The minimum absolute atomic E-state index is 0.0428. The van der Waals surface area contributed by atoms with E-state index in [1.165, 1.54) is 24.3 Å². The first-order chi connectivity index (χ1) is 17.5. The Bertz CT molecular complexity index is 1100. The van der Waals surface area contributed by atoms with Crippen LogP contribution in [-0.2, 0) is 19.6 Å². The summed E-state index contributed by atoms with van der Waals surface area (Å²) in [6.07, 6.45) is -4.68. The van der Waals surface area contributed by atoms with Gasteiger partial charge in [0.1, 0.15) is 0 Å². The van der Waals surface area contributed by atoms with Crippen LogP contribution in [0.15, 0.2) is 69.7 Å². The average molecular weight is 545 g/mol. The number of rotatable bonds is 12. The Morgan fingerprint density at radius 1 is 0.811 bits per heavy atom. The minimum Gasteiger partial charge on any atom is -0.356 e. The van der Waals surface area contributed by atoms with Crippen LogP contribution in [0.25, 0.3) is 0 Å². The van der Waals surface area contributed by atoms with Crippen molar-refractivity contribution in [3.63, 3.8) is 0 Å². The highest BCUT2D eigenvalue weighted by molar-refractivity contribution is 7.89. The molecule has 14 heteroatoms. The summed E-state index contributed by atoms with van der Waals surface area (Å²) in [6.45, 7) is -0.0349. The number of sulfonamides is 1. The van der Waals surface area contributed by atoms with Gasteiger partial charge in [0.15, 0.2) is 0 Å². The van der Waals surface area contributed by atoms with Gasteiger partial charge >= 0.3 is 12.1 Å². The molecule has 0 aliphatic carbocycles. The van der Waals surface area contributed by atoms with Gasteiger partial charge in [0.25, 0.3) is 0 Å². The fourth-order valence-corrected chi connectivity index (χ4v) is 3.62. The van der Waals surface area contributed by atoms with Crippen LogP contribution in [0.4, 0.5) is 24.5 Å². The summed E-state index contributed by atoms with van der Waals surface area (Å²) in [5.41, 5.74) is 1.16. The topological polar surface area (TPSA) is 141 Å². The van der Waals surface area contributed by atoms with Gasteiger partial charge in [-0.15, -0.1) is 0 Å². The maximum absolute atomic E-state index is 12.4. The van der Waals surface area contributed by atoms with Gasteiger partial charge in [0.2, 0.25) is 15.9 Å². The summed E-state index contributed by atoms with van der Waals surface area (Å²) in [4.78, 5) is 22.3. The van der Waals surface area contributed by atoms with Crippen LogP contribution in [0, 0.1) is 0 Å². The molecule has 4 N–H and O–H groups in total. The van der Waals surface area contributed by atoms with E-state index in [9.17, 15) is 31.2 Å². The average Bonchev–Trinajstić information content (AvgIpc) is 2.86. The lowest BCUT2D eigenvalue weighted by molar-refractivity contribution is -0.173. The monoisotopic (exact) mass is 544 g/mol. The molecule has 37 heavy (non-hydrogen) atoms. The van der Waals surface area contributed by atoms with E-state index in [0.29, 0.717) is 17.8 Å². The maximum Gasteiger partial charge on any atom is 0.471 e. The van der Waals surface area contributed by atoms with Gasteiger partial charge in [-0.1, -0.05) is 18.2 Å². The molecule has 0 unspecified atom stereocenters. The van der Waals surface area contributed by atoms with Gasteiger partial charge in [-0.2, -0.15) is 23.4 Å². The van der Waals surface area contributed by atoms with Crippen molar-refractivity contribution in [2.24, 2.45) is 10.2 Å². The third-order valence-electron chi connectivity index (χ3n) is 4.28. The van der Waals surface area contributed by atoms with Crippen molar-refractivity contribution >= 4 is 33.2 Å². The lowest BCUT2D eigenvalue weighted by Crippen LogP contribution is -2.37. The van der Waals surface area contributed by atoms with Crippen molar-refractivity contribution in [3.8, 4) is 0 Å². The first-order valence-corrected chi connectivity index (χ1v) is 12.7. The molecule has 0 atom stereocenters. The highest BCUT2D eigenvalue weighted by Gasteiger charge is 2.38. The Hall–Kier alpha value is -3.36. The Kier molecular flexibility index (Phi) is 14.0. The number of hydrogen-bond acceptors (Lipinski definition) is 7. The van der Waals surface area contributed by atoms with E-state index in [4.69, 9.17) is 0 Å². The van der Waals surface area contributed by atoms with E-state index in [-0.39, 0.29) is 37.4 Å². The van der Waals surface area contributed by atoms with Crippen LogP contribution in [0.3, 0.4) is 0 Å². The molecule has 2 amide bonds. The zero-order valence-corrected chi connectivity index (χ0v) is 21.3. The van der Waals surface area contributed by atoms with Gasteiger partial charge in [0, 0.05) is 26.1 Å². The van der Waals surface area contributed by atoms with E-state index >= 15 is 0 Å². The highest BCUT2D eigenvalue weighted by atomic mass is 32.2. The molecule has 0 heterocycles. The van der Waals surface area contributed by atoms with E-state index in [1.54, 1.807) is 17.4 Å². The SMILES string of the molecule is CNC.O=C(CCCNC(=O)C(F)(F)F)NCCCNS(=O)(=O)c1ccc(N=Nc2ccccc2)cc1. The number of nitrogens with zero attached hydrogens (tertiary/aromatic N) is 2. The van der Waals surface area contributed by atoms with Gasteiger partial charge < -0.3 is 16.0 Å². The molecule has 2 rings (SSSR count).